The number of ether oxygens (including phenoxy) is 1. The van der Waals surface area contributed by atoms with Gasteiger partial charge in [0.05, 0.1) is 15.0 Å². The van der Waals surface area contributed by atoms with Crippen LogP contribution < -0.4 is 4.74 Å². The number of nitrogens with zero attached hydrogens (tertiary/aromatic N) is 2. The largest absolute Gasteiger partial charge is 0.450 e. The number of nitro benzene ring substituents is 1. The highest BCUT2D eigenvalue weighted by atomic mass is 35.5. The van der Waals surface area contributed by atoms with Crippen LogP contribution in [-0.2, 0) is 0 Å². The van der Waals surface area contributed by atoms with E-state index in [0.29, 0.717) is 11.3 Å². The fourth-order valence-corrected chi connectivity index (χ4v) is 1.91. The summed E-state index contributed by atoms with van der Waals surface area (Å²) in [5.74, 6) is 0.334. The predicted molar refractivity (Wildman–Crippen MR) is 77.2 cm³/mol. The minimum absolute atomic E-state index is 0.0187. The molecule has 5 nitrogen and oxygen atoms in total. The molecule has 0 bridgehead atoms. The van der Waals surface area contributed by atoms with Gasteiger partial charge in [0.25, 0.3) is 0 Å². The smallest absolute Gasteiger partial charge is 0.313 e. The zero-order chi connectivity index (χ0) is 14.9. The van der Waals surface area contributed by atoms with Crippen molar-refractivity contribution in [2.75, 3.05) is 0 Å². The molecule has 1 aromatic carbocycles. The molecule has 0 amide bonds. The van der Waals surface area contributed by atoms with Crippen LogP contribution in [0.5, 0.6) is 11.5 Å². The van der Waals surface area contributed by atoms with E-state index in [1.54, 1.807) is 6.92 Å². The molecule has 8 heteroatoms. The topological polar surface area (TPSA) is 65.3 Å². The van der Waals surface area contributed by atoms with Gasteiger partial charge in [-0.1, -0.05) is 34.8 Å². The highest BCUT2D eigenvalue weighted by Gasteiger charge is 2.20. The van der Waals surface area contributed by atoms with Gasteiger partial charge in [-0.2, -0.15) is 0 Å². The highest BCUT2D eigenvalue weighted by molar-refractivity contribution is 6.42. The van der Waals surface area contributed by atoms with E-state index in [1.807, 2.05) is 0 Å². The van der Waals surface area contributed by atoms with Crippen molar-refractivity contribution in [2.45, 2.75) is 6.92 Å². The van der Waals surface area contributed by atoms with Crippen LogP contribution in [0.3, 0.4) is 0 Å². The molecule has 0 radical (unpaired) electrons. The first-order valence-corrected chi connectivity index (χ1v) is 6.45. The van der Waals surface area contributed by atoms with Crippen LogP contribution in [0.15, 0.2) is 24.4 Å². The molecule has 0 fully saturated rings. The van der Waals surface area contributed by atoms with Gasteiger partial charge in [-0.05, 0) is 6.92 Å². The molecule has 0 aliphatic carbocycles. The Kier molecular flexibility index (Phi) is 4.32. The Hall–Kier alpha value is -1.56. The molecule has 0 unspecified atom stereocenters. The molecule has 0 saturated carbocycles. The lowest BCUT2D eigenvalue weighted by atomic mass is 10.2. The maximum atomic E-state index is 11.0. The normalized spacial score (nSPS) is 10.4. The molecular formula is C12H7Cl3N2O3. The Morgan fingerprint density at radius 1 is 1.15 bits per heavy atom. The van der Waals surface area contributed by atoms with Crippen molar-refractivity contribution in [3.63, 3.8) is 0 Å². The quantitative estimate of drug-likeness (QED) is 0.448. The van der Waals surface area contributed by atoms with Crippen molar-refractivity contribution < 1.29 is 9.66 Å². The number of hydrogen-bond donors (Lipinski definition) is 0. The van der Waals surface area contributed by atoms with E-state index in [-0.39, 0.29) is 26.6 Å². The Morgan fingerprint density at radius 3 is 2.45 bits per heavy atom. The number of hydrogen-bond acceptors (Lipinski definition) is 4. The third-order valence-electron chi connectivity index (χ3n) is 2.44. The summed E-state index contributed by atoms with van der Waals surface area (Å²) in [5, 5.41) is 11.5. The summed E-state index contributed by atoms with van der Waals surface area (Å²) in [7, 11) is 0. The van der Waals surface area contributed by atoms with Gasteiger partial charge in [0, 0.05) is 30.0 Å². The van der Waals surface area contributed by atoms with E-state index in [2.05, 4.69) is 4.98 Å². The fraction of sp³-hybridized carbons (Fsp3) is 0.0833. The first-order chi connectivity index (χ1) is 9.38. The summed E-state index contributed by atoms with van der Waals surface area (Å²) in [6.07, 6.45) is 1.50. The van der Waals surface area contributed by atoms with Crippen molar-refractivity contribution in [3.8, 4) is 11.5 Å². The second-order valence-electron chi connectivity index (χ2n) is 3.87. The van der Waals surface area contributed by atoms with Crippen molar-refractivity contribution in [1.29, 1.82) is 0 Å². The second kappa shape index (κ2) is 5.83. The minimum Gasteiger partial charge on any atom is -0.450 e. The molecule has 20 heavy (non-hydrogen) atoms. The van der Waals surface area contributed by atoms with Gasteiger partial charge in [0.1, 0.15) is 10.9 Å². The lowest BCUT2D eigenvalue weighted by Gasteiger charge is -2.09. The van der Waals surface area contributed by atoms with Crippen molar-refractivity contribution in [2.24, 2.45) is 0 Å². The molecule has 2 rings (SSSR count). The number of aromatic nitrogens is 1. The molecule has 0 N–H and O–H groups in total. The van der Waals surface area contributed by atoms with Gasteiger partial charge < -0.3 is 4.74 Å². The monoisotopic (exact) mass is 332 g/mol. The van der Waals surface area contributed by atoms with Crippen LogP contribution in [-0.4, -0.2) is 9.91 Å². The third-order valence-corrected chi connectivity index (χ3v) is 3.37. The number of rotatable bonds is 3. The maximum absolute atomic E-state index is 11.0. The number of nitro groups is 1. The Labute approximate surface area is 129 Å². The van der Waals surface area contributed by atoms with Crippen molar-refractivity contribution in [3.05, 3.63) is 55.3 Å². The Balaban J connectivity index is 2.50. The molecule has 1 heterocycles. The van der Waals surface area contributed by atoms with Gasteiger partial charge >= 0.3 is 5.69 Å². The van der Waals surface area contributed by atoms with E-state index in [4.69, 9.17) is 39.5 Å². The third kappa shape index (κ3) is 3.12. The van der Waals surface area contributed by atoms with E-state index in [0.717, 1.165) is 6.07 Å². The minimum atomic E-state index is -0.602. The van der Waals surface area contributed by atoms with Crippen LogP contribution in [0, 0.1) is 17.0 Å². The van der Waals surface area contributed by atoms with Crippen LogP contribution >= 0.6 is 34.8 Å². The SMILES string of the molecule is Cc1cnc(Cl)cc1Oc1cc(Cl)c(Cl)cc1[N+](=O)[O-]. The van der Waals surface area contributed by atoms with Gasteiger partial charge in [0.2, 0.25) is 5.75 Å². The lowest BCUT2D eigenvalue weighted by Crippen LogP contribution is -1.95. The first-order valence-electron chi connectivity index (χ1n) is 5.32. The van der Waals surface area contributed by atoms with Crippen LogP contribution in [0.1, 0.15) is 5.56 Å². The molecule has 2 aromatic rings. The number of aryl methyl sites for hydroxylation is 1. The van der Waals surface area contributed by atoms with Gasteiger partial charge in [-0.3, -0.25) is 10.1 Å². The number of halogens is 3. The maximum Gasteiger partial charge on any atom is 0.313 e. The van der Waals surface area contributed by atoms with Gasteiger partial charge in [-0.15, -0.1) is 0 Å². The summed E-state index contributed by atoms with van der Waals surface area (Å²) in [6.45, 7) is 1.74. The summed E-state index contributed by atoms with van der Waals surface area (Å²) >= 11 is 17.4. The summed E-state index contributed by atoms with van der Waals surface area (Å²) in [6, 6.07) is 3.89. The number of benzene rings is 1. The average molecular weight is 334 g/mol. The Bertz CT molecular complexity index is 692. The van der Waals surface area contributed by atoms with Crippen LogP contribution in [0.4, 0.5) is 5.69 Å². The summed E-state index contributed by atoms with van der Waals surface area (Å²) < 4.78 is 5.51. The van der Waals surface area contributed by atoms with E-state index in [9.17, 15) is 10.1 Å². The zero-order valence-corrected chi connectivity index (χ0v) is 12.3. The molecule has 0 aliphatic rings. The van der Waals surface area contributed by atoms with Crippen LogP contribution in [0.2, 0.25) is 15.2 Å². The highest BCUT2D eigenvalue weighted by Crippen LogP contribution is 2.38. The van der Waals surface area contributed by atoms with Crippen molar-refractivity contribution >= 4 is 40.5 Å². The van der Waals surface area contributed by atoms with Gasteiger partial charge in [0.15, 0.2) is 0 Å². The van der Waals surface area contributed by atoms with E-state index in [1.165, 1.54) is 18.3 Å². The first kappa shape index (κ1) is 14.8. The molecule has 0 aliphatic heterocycles. The molecule has 0 spiro atoms. The summed E-state index contributed by atoms with van der Waals surface area (Å²) in [5.41, 5.74) is 0.390. The van der Waals surface area contributed by atoms with E-state index < -0.39 is 4.92 Å². The molecular weight excluding hydrogens is 327 g/mol. The molecule has 1 aromatic heterocycles. The summed E-state index contributed by atoms with van der Waals surface area (Å²) in [4.78, 5) is 14.3. The van der Waals surface area contributed by atoms with E-state index >= 15 is 0 Å². The second-order valence-corrected chi connectivity index (χ2v) is 5.07. The number of pyridine rings is 1. The lowest BCUT2D eigenvalue weighted by molar-refractivity contribution is -0.385. The van der Waals surface area contributed by atoms with Crippen molar-refractivity contribution in [1.82, 2.24) is 4.98 Å². The average Bonchev–Trinajstić information content (AvgIpc) is 2.37. The zero-order valence-electron chi connectivity index (χ0n) is 10.1. The predicted octanol–water partition coefficient (Wildman–Crippen LogP) is 5.05. The molecule has 0 saturated heterocycles. The molecule has 0 atom stereocenters. The fourth-order valence-electron chi connectivity index (χ4n) is 1.45. The van der Waals surface area contributed by atoms with Crippen LogP contribution in [0.25, 0.3) is 0 Å². The standard InChI is InChI=1S/C12H7Cl3N2O3/c1-6-5-16-12(15)4-10(6)20-11-3-8(14)7(13)2-9(11)17(18)19/h2-5H,1H3. The molecule has 104 valence electrons. The van der Waals surface area contributed by atoms with Gasteiger partial charge in [-0.25, -0.2) is 4.98 Å². The Morgan fingerprint density at radius 2 is 1.80 bits per heavy atom.